The first-order valence-corrected chi connectivity index (χ1v) is 10.7. The molecular formula is C22H17F4N5O2S. The molecule has 3 aromatic heterocycles. The van der Waals surface area contributed by atoms with E-state index in [4.69, 9.17) is 5.73 Å². The number of hydrogen-bond acceptors (Lipinski definition) is 5. The number of nitrogens with zero attached hydrogens (tertiary/aromatic N) is 3. The molecule has 0 atom stereocenters. The Morgan fingerprint density at radius 2 is 1.82 bits per heavy atom. The largest absolute Gasteiger partial charge is 0.365 e. The molecule has 0 aliphatic carbocycles. The summed E-state index contributed by atoms with van der Waals surface area (Å²) >= 11 is 0.757. The molecule has 176 valence electrons. The molecule has 0 saturated heterocycles. The molecule has 4 rings (SSSR count). The maximum Gasteiger partial charge on any atom is 0.280 e. The molecule has 1 aromatic carbocycles. The van der Waals surface area contributed by atoms with Gasteiger partial charge in [0.15, 0.2) is 0 Å². The number of aryl methyl sites for hydroxylation is 1. The zero-order valence-electron chi connectivity index (χ0n) is 17.6. The number of halogens is 4. The number of hydrogen-bond donors (Lipinski definition) is 2. The molecule has 0 radical (unpaired) electrons. The van der Waals surface area contributed by atoms with Crippen LogP contribution in [0.1, 0.15) is 39.6 Å². The van der Waals surface area contributed by atoms with Gasteiger partial charge in [0.25, 0.3) is 18.8 Å². The number of benzene rings is 1. The number of rotatable bonds is 7. The summed E-state index contributed by atoms with van der Waals surface area (Å²) in [6.07, 6.45) is -5.72. The van der Waals surface area contributed by atoms with E-state index in [0.29, 0.717) is 16.8 Å². The van der Waals surface area contributed by atoms with Crippen LogP contribution in [0.4, 0.5) is 23.2 Å². The first-order chi connectivity index (χ1) is 16.2. The van der Waals surface area contributed by atoms with E-state index in [2.05, 4.69) is 15.4 Å². The van der Waals surface area contributed by atoms with E-state index in [1.54, 1.807) is 30.3 Å². The van der Waals surface area contributed by atoms with Crippen molar-refractivity contribution in [2.45, 2.75) is 26.3 Å². The number of carbonyl (C=O) groups is 2. The number of primary amides is 1. The van der Waals surface area contributed by atoms with Crippen molar-refractivity contribution < 1.29 is 27.2 Å². The van der Waals surface area contributed by atoms with E-state index in [0.717, 1.165) is 22.1 Å². The molecule has 12 heteroatoms. The minimum atomic E-state index is -2.88. The highest BCUT2D eigenvalue weighted by Gasteiger charge is 2.25. The molecule has 3 heterocycles. The number of thiophene rings is 1. The van der Waals surface area contributed by atoms with E-state index in [9.17, 15) is 27.2 Å². The Kier molecular flexibility index (Phi) is 6.33. The first kappa shape index (κ1) is 23.4. The Hall–Kier alpha value is -3.80. The summed E-state index contributed by atoms with van der Waals surface area (Å²) in [7, 11) is 0. The molecule has 0 aliphatic rings. The predicted octanol–water partition coefficient (Wildman–Crippen LogP) is 5.08. The summed E-state index contributed by atoms with van der Waals surface area (Å²) < 4.78 is 54.4. The lowest BCUT2D eigenvalue weighted by Crippen LogP contribution is -2.22. The maximum absolute atomic E-state index is 13.5. The summed E-state index contributed by atoms with van der Waals surface area (Å²) in [6, 6.07) is 10.9. The Labute approximate surface area is 194 Å². The van der Waals surface area contributed by atoms with E-state index in [-0.39, 0.29) is 20.8 Å². The second-order valence-electron chi connectivity index (χ2n) is 7.33. The molecule has 4 aromatic rings. The number of aromatic nitrogens is 3. The van der Waals surface area contributed by atoms with E-state index < -0.39 is 42.6 Å². The fourth-order valence-corrected chi connectivity index (χ4v) is 4.56. The second kappa shape index (κ2) is 9.21. The van der Waals surface area contributed by atoms with Gasteiger partial charge in [-0.25, -0.2) is 22.5 Å². The second-order valence-corrected chi connectivity index (χ2v) is 8.33. The number of amides is 2. The summed E-state index contributed by atoms with van der Waals surface area (Å²) in [6.45, 7) is 0.947. The summed E-state index contributed by atoms with van der Waals surface area (Å²) in [4.78, 5) is 28.8. The predicted molar refractivity (Wildman–Crippen MR) is 119 cm³/mol. The van der Waals surface area contributed by atoms with Crippen LogP contribution >= 0.6 is 11.3 Å². The quantitative estimate of drug-likeness (QED) is 0.352. The molecule has 0 saturated carbocycles. The monoisotopic (exact) mass is 491 g/mol. The zero-order chi connectivity index (χ0) is 24.6. The Morgan fingerprint density at radius 3 is 2.44 bits per heavy atom. The summed E-state index contributed by atoms with van der Waals surface area (Å²) in [5, 5.41) is 6.69. The van der Waals surface area contributed by atoms with Crippen LogP contribution in [-0.4, -0.2) is 26.6 Å². The van der Waals surface area contributed by atoms with Gasteiger partial charge in [-0.2, -0.15) is 5.10 Å². The van der Waals surface area contributed by atoms with Crippen LogP contribution in [0, 0.1) is 6.92 Å². The Morgan fingerprint density at radius 1 is 1.12 bits per heavy atom. The van der Waals surface area contributed by atoms with Crippen LogP contribution in [0.2, 0.25) is 0 Å². The van der Waals surface area contributed by atoms with Crippen molar-refractivity contribution in [2.75, 3.05) is 5.32 Å². The number of nitrogens with two attached hydrogens (primary N) is 1. The highest BCUT2D eigenvalue weighted by molar-refractivity contribution is 7.21. The van der Waals surface area contributed by atoms with E-state index in [1.165, 1.54) is 13.0 Å². The van der Waals surface area contributed by atoms with Gasteiger partial charge >= 0.3 is 0 Å². The molecule has 0 aliphatic heterocycles. The van der Waals surface area contributed by atoms with Crippen LogP contribution in [0.3, 0.4) is 0 Å². The molecule has 0 bridgehead atoms. The third-order valence-electron chi connectivity index (χ3n) is 4.93. The normalized spacial score (nSPS) is 11.5. The molecule has 0 spiro atoms. The van der Waals surface area contributed by atoms with Gasteiger partial charge < -0.3 is 11.1 Å². The number of carbonyl (C=O) groups excluding carboxylic acids is 2. The number of alkyl halides is 4. The van der Waals surface area contributed by atoms with Crippen LogP contribution in [0.25, 0.3) is 21.3 Å². The summed E-state index contributed by atoms with van der Waals surface area (Å²) in [5.41, 5.74) is 5.68. The molecule has 34 heavy (non-hydrogen) atoms. The van der Waals surface area contributed by atoms with E-state index in [1.807, 2.05) is 0 Å². The van der Waals surface area contributed by atoms with Crippen LogP contribution in [0.5, 0.6) is 0 Å². The van der Waals surface area contributed by atoms with Gasteiger partial charge in [0, 0.05) is 5.39 Å². The van der Waals surface area contributed by atoms with Gasteiger partial charge in [0.1, 0.15) is 27.6 Å². The van der Waals surface area contributed by atoms with E-state index >= 15 is 0 Å². The third-order valence-corrected chi connectivity index (χ3v) is 6.03. The van der Waals surface area contributed by atoms with Crippen molar-refractivity contribution >= 4 is 39.1 Å². The highest BCUT2D eigenvalue weighted by Crippen LogP contribution is 2.42. The Balaban J connectivity index is 1.84. The average Bonchev–Trinajstić information content (AvgIpc) is 3.34. The topological polar surface area (TPSA) is 103 Å². The molecular weight excluding hydrogens is 474 g/mol. The van der Waals surface area contributed by atoms with Gasteiger partial charge in [0.05, 0.1) is 11.4 Å². The Bertz CT molecular complexity index is 1390. The van der Waals surface area contributed by atoms with Crippen molar-refractivity contribution in [2.24, 2.45) is 5.73 Å². The first-order valence-electron chi connectivity index (χ1n) is 9.88. The minimum Gasteiger partial charge on any atom is -0.365 e. The van der Waals surface area contributed by atoms with Crippen molar-refractivity contribution in [1.82, 2.24) is 14.8 Å². The lowest BCUT2D eigenvalue weighted by molar-refractivity contribution is -0.117. The zero-order valence-corrected chi connectivity index (χ0v) is 18.4. The molecule has 2 amide bonds. The number of pyridine rings is 1. The number of nitrogens with one attached hydrogen (secondary N) is 1. The van der Waals surface area contributed by atoms with Crippen LogP contribution in [-0.2, 0) is 11.3 Å². The fourth-order valence-electron chi connectivity index (χ4n) is 3.55. The van der Waals surface area contributed by atoms with Gasteiger partial charge in [-0.15, -0.1) is 11.3 Å². The molecule has 0 unspecified atom stereocenters. The maximum atomic E-state index is 13.5. The van der Waals surface area contributed by atoms with Crippen LogP contribution in [0.15, 0.2) is 42.5 Å². The molecule has 0 fully saturated rings. The minimum absolute atomic E-state index is 0.0212. The smallest absolute Gasteiger partial charge is 0.280 e. The average molecular weight is 491 g/mol. The molecule has 7 nitrogen and oxygen atoms in total. The van der Waals surface area contributed by atoms with Crippen LogP contribution < -0.4 is 11.1 Å². The van der Waals surface area contributed by atoms with Crippen molar-refractivity contribution in [3.05, 3.63) is 64.4 Å². The third kappa shape index (κ3) is 4.49. The van der Waals surface area contributed by atoms with Gasteiger partial charge in [-0.3, -0.25) is 14.3 Å². The highest BCUT2D eigenvalue weighted by atomic mass is 32.1. The number of fused-ring (bicyclic) bond motifs is 1. The fraction of sp³-hybridized carbons (Fsp3) is 0.182. The number of anilines is 1. The lowest BCUT2D eigenvalue weighted by Gasteiger charge is -2.12. The molecule has 3 N–H and O–H groups in total. The van der Waals surface area contributed by atoms with Crippen molar-refractivity contribution in [1.29, 1.82) is 0 Å². The SMILES string of the molecule is Cc1cc(C(F)F)n(CC(=O)Nc2c(C(N)=O)sc3nc(C(F)F)cc(-c4ccccc4)c23)n1. The van der Waals surface area contributed by atoms with Gasteiger partial charge in [-0.05, 0) is 30.2 Å². The van der Waals surface area contributed by atoms with Crippen molar-refractivity contribution in [3.63, 3.8) is 0 Å². The van der Waals surface area contributed by atoms with Crippen molar-refractivity contribution in [3.8, 4) is 11.1 Å². The van der Waals surface area contributed by atoms with Gasteiger partial charge in [0.2, 0.25) is 5.91 Å². The standard InChI is InChI=1S/C22H17F4N5O2S/c1-10-7-14(20(25)26)31(30-10)9-15(32)29-17-16-12(11-5-3-2-4-6-11)8-13(19(23)24)28-22(16)34-18(17)21(27)33/h2-8,19-20H,9H2,1H3,(H2,27,33)(H,29,32). The lowest BCUT2D eigenvalue weighted by atomic mass is 10.0. The summed E-state index contributed by atoms with van der Waals surface area (Å²) in [5.74, 6) is -1.66. The van der Waals surface area contributed by atoms with Gasteiger partial charge in [-0.1, -0.05) is 30.3 Å².